The van der Waals surface area contributed by atoms with Gasteiger partial charge in [-0.1, -0.05) is 36.4 Å². The minimum absolute atomic E-state index is 0.103. The number of ether oxygens (including phenoxy) is 1. The molecule has 1 atom stereocenters. The number of anilines is 2. The summed E-state index contributed by atoms with van der Waals surface area (Å²) < 4.78 is 7.61. The normalized spacial score (nSPS) is 17.3. The lowest BCUT2D eigenvalue weighted by Crippen LogP contribution is -2.32. The van der Waals surface area contributed by atoms with E-state index in [2.05, 4.69) is 15.7 Å². The Morgan fingerprint density at radius 1 is 1.16 bits per heavy atom. The second-order valence-electron chi connectivity index (χ2n) is 7.84. The average Bonchev–Trinajstić information content (AvgIpc) is 3.23. The number of carbonyl (C=O) groups is 2. The van der Waals surface area contributed by atoms with Gasteiger partial charge in [0.15, 0.2) is 5.78 Å². The van der Waals surface area contributed by atoms with E-state index < -0.39 is 6.04 Å². The molecule has 2 heterocycles. The van der Waals surface area contributed by atoms with E-state index in [9.17, 15) is 9.59 Å². The number of carbonyl (C=O) groups excluding carboxylic acids is 2. The molecule has 32 heavy (non-hydrogen) atoms. The quantitative estimate of drug-likeness (QED) is 0.622. The Hall–Kier alpha value is -3.87. The van der Waals surface area contributed by atoms with Gasteiger partial charge in [-0.05, 0) is 38.0 Å². The molecule has 1 aliphatic carbocycles. The summed E-state index contributed by atoms with van der Waals surface area (Å²) in [4.78, 5) is 26.1. The Balaban J connectivity index is 1.61. The van der Waals surface area contributed by atoms with Crippen LogP contribution in [0.2, 0.25) is 0 Å². The van der Waals surface area contributed by atoms with Crippen LogP contribution in [-0.2, 0) is 4.79 Å². The number of nitrogens with one attached hydrogen (secondary N) is 2. The van der Waals surface area contributed by atoms with Crippen LogP contribution in [0.5, 0.6) is 5.75 Å². The third-order valence-electron chi connectivity index (χ3n) is 5.83. The maximum Gasteiger partial charge on any atom is 0.261 e. The van der Waals surface area contributed by atoms with Crippen LogP contribution < -0.4 is 15.4 Å². The van der Waals surface area contributed by atoms with Crippen LogP contribution in [0.3, 0.4) is 0 Å². The molecule has 0 saturated heterocycles. The second kappa shape index (κ2) is 8.34. The summed E-state index contributed by atoms with van der Waals surface area (Å²) in [5, 5.41) is 10.8. The molecule has 0 spiro atoms. The molecule has 5 rings (SSSR count). The van der Waals surface area contributed by atoms with Gasteiger partial charge in [-0.3, -0.25) is 9.59 Å². The zero-order valence-electron chi connectivity index (χ0n) is 17.8. The number of hydrogen-bond acceptors (Lipinski definition) is 5. The fraction of sp³-hybridized carbons (Fsp3) is 0.240. The van der Waals surface area contributed by atoms with Gasteiger partial charge in [0.05, 0.1) is 12.8 Å². The highest BCUT2D eigenvalue weighted by molar-refractivity contribution is 6.08. The summed E-state index contributed by atoms with van der Waals surface area (Å²) in [6, 6.07) is 16.6. The second-order valence-corrected chi connectivity index (χ2v) is 7.84. The van der Waals surface area contributed by atoms with Crippen molar-refractivity contribution >= 4 is 23.2 Å². The van der Waals surface area contributed by atoms with Crippen LogP contribution in [0.4, 0.5) is 11.5 Å². The van der Waals surface area contributed by atoms with Gasteiger partial charge in [0.25, 0.3) is 5.91 Å². The fourth-order valence-corrected chi connectivity index (χ4v) is 4.43. The maximum atomic E-state index is 13.1. The molecule has 0 fully saturated rings. The first-order chi connectivity index (χ1) is 15.7. The molecule has 3 aromatic rings. The smallest absolute Gasteiger partial charge is 0.261 e. The molecule has 7 nitrogen and oxygen atoms in total. The number of hydrogen-bond donors (Lipinski definition) is 2. The van der Waals surface area contributed by atoms with E-state index in [0.717, 1.165) is 24.1 Å². The maximum absolute atomic E-state index is 13.1. The van der Waals surface area contributed by atoms with E-state index in [1.165, 1.54) is 0 Å². The van der Waals surface area contributed by atoms with Gasteiger partial charge in [0.2, 0.25) is 0 Å². The van der Waals surface area contributed by atoms with Gasteiger partial charge in [-0.25, -0.2) is 4.68 Å². The molecule has 1 aliphatic heterocycles. The van der Waals surface area contributed by atoms with Crippen molar-refractivity contribution in [1.29, 1.82) is 0 Å². The molecule has 1 amide bonds. The van der Waals surface area contributed by atoms with Crippen LogP contribution in [0.25, 0.3) is 0 Å². The van der Waals surface area contributed by atoms with Crippen LogP contribution in [0.1, 0.15) is 48.1 Å². The monoisotopic (exact) mass is 428 g/mol. The van der Waals surface area contributed by atoms with E-state index >= 15 is 0 Å². The lowest BCUT2D eigenvalue weighted by Gasteiger charge is -2.34. The van der Waals surface area contributed by atoms with E-state index in [0.29, 0.717) is 41.4 Å². The number of ketones is 1. The van der Waals surface area contributed by atoms with Crippen molar-refractivity contribution in [2.75, 3.05) is 17.2 Å². The largest absolute Gasteiger partial charge is 0.494 e. The van der Waals surface area contributed by atoms with Gasteiger partial charge >= 0.3 is 0 Å². The summed E-state index contributed by atoms with van der Waals surface area (Å²) >= 11 is 0. The summed E-state index contributed by atoms with van der Waals surface area (Å²) in [7, 11) is 0. The van der Waals surface area contributed by atoms with Crippen LogP contribution in [0.15, 0.2) is 72.1 Å². The highest BCUT2D eigenvalue weighted by atomic mass is 16.5. The topological polar surface area (TPSA) is 85.2 Å². The Kier molecular flexibility index (Phi) is 5.23. The van der Waals surface area contributed by atoms with E-state index in [4.69, 9.17) is 4.74 Å². The van der Waals surface area contributed by atoms with Crippen LogP contribution in [-0.4, -0.2) is 28.1 Å². The molecular formula is C25H24N4O3. The number of aromatic nitrogens is 2. The SMILES string of the molecule is CCOc1ccccc1[C@H]1C2=C(CCCC2=O)Nc2c(C(=O)Nc3ccccc3)cnn21. The van der Waals surface area contributed by atoms with Crippen LogP contribution >= 0.6 is 0 Å². The van der Waals surface area contributed by atoms with E-state index in [1.807, 2.05) is 61.5 Å². The zero-order chi connectivity index (χ0) is 22.1. The predicted molar refractivity (Wildman–Crippen MR) is 122 cm³/mol. The molecule has 162 valence electrons. The first-order valence-corrected chi connectivity index (χ1v) is 10.9. The lowest BCUT2D eigenvalue weighted by molar-refractivity contribution is -0.116. The summed E-state index contributed by atoms with van der Waals surface area (Å²) in [5.74, 6) is 1.14. The number of allylic oxidation sites excluding steroid dienone is 2. The van der Waals surface area contributed by atoms with Gasteiger partial charge in [0, 0.05) is 28.9 Å². The number of Topliss-reactive ketones (excluding diaryl/α,β-unsaturated/α-hetero) is 1. The predicted octanol–water partition coefficient (Wildman–Crippen LogP) is 4.56. The third kappa shape index (κ3) is 3.45. The van der Waals surface area contributed by atoms with Crippen molar-refractivity contribution in [3.63, 3.8) is 0 Å². The number of para-hydroxylation sites is 2. The van der Waals surface area contributed by atoms with Crippen molar-refractivity contribution in [1.82, 2.24) is 9.78 Å². The van der Waals surface area contributed by atoms with Crippen molar-refractivity contribution in [2.24, 2.45) is 0 Å². The van der Waals surface area contributed by atoms with Crippen LogP contribution in [0, 0.1) is 0 Å². The molecule has 7 heteroatoms. The highest BCUT2D eigenvalue weighted by Crippen LogP contribution is 2.44. The van der Waals surface area contributed by atoms with Crippen molar-refractivity contribution in [3.8, 4) is 5.75 Å². The Morgan fingerprint density at radius 3 is 2.75 bits per heavy atom. The Labute approximate surface area is 186 Å². The van der Waals surface area contributed by atoms with Gasteiger partial charge in [-0.2, -0.15) is 5.10 Å². The third-order valence-corrected chi connectivity index (χ3v) is 5.83. The first-order valence-electron chi connectivity index (χ1n) is 10.9. The minimum Gasteiger partial charge on any atom is -0.494 e. The zero-order valence-corrected chi connectivity index (χ0v) is 17.8. The molecule has 1 aromatic heterocycles. The molecule has 2 aliphatic rings. The number of benzene rings is 2. The highest BCUT2D eigenvalue weighted by Gasteiger charge is 2.38. The summed E-state index contributed by atoms with van der Waals surface area (Å²) in [5.41, 5.74) is 3.56. The molecule has 0 unspecified atom stereocenters. The van der Waals surface area contributed by atoms with Crippen molar-refractivity contribution in [2.45, 2.75) is 32.2 Å². The van der Waals surface area contributed by atoms with Crippen molar-refractivity contribution < 1.29 is 14.3 Å². The van der Waals surface area contributed by atoms with Gasteiger partial charge in [0.1, 0.15) is 23.2 Å². The molecule has 2 N–H and O–H groups in total. The number of amides is 1. The standard InChI is InChI=1S/C25H24N4O3/c1-2-32-21-14-7-6-11-17(21)23-22-19(12-8-13-20(22)30)28-24-18(15-26-29(23)24)25(31)27-16-9-4-3-5-10-16/h3-7,9-11,14-15,23,28H,2,8,12-13H2,1H3,(H,27,31)/t23-/m0/s1. The minimum atomic E-state index is -0.449. The molecule has 0 bridgehead atoms. The Morgan fingerprint density at radius 2 is 1.94 bits per heavy atom. The average molecular weight is 428 g/mol. The number of nitrogens with zero attached hydrogens (tertiary/aromatic N) is 2. The van der Waals surface area contributed by atoms with Gasteiger partial charge < -0.3 is 15.4 Å². The lowest BCUT2D eigenvalue weighted by atomic mass is 9.85. The molecule has 0 radical (unpaired) electrons. The molecule has 0 saturated carbocycles. The molecular weight excluding hydrogens is 404 g/mol. The van der Waals surface area contributed by atoms with E-state index in [1.54, 1.807) is 10.9 Å². The summed E-state index contributed by atoms with van der Waals surface area (Å²) in [6.45, 7) is 2.44. The first kappa shape index (κ1) is 20.1. The van der Waals surface area contributed by atoms with Gasteiger partial charge in [-0.15, -0.1) is 0 Å². The number of fused-ring (bicyclic) bond motifs is 1. The van der Waals surface area contributed by atoms with Crippen molar-refractivity contribution in [3.05, 3.63) is 83.2 Å². The Bertz CT molecular complexity index is 1210. The van der Waals surface area contributed by atoms with E-state index in [-0.39, 0.29) is 11.7 Å². The molecule has 2 aromatic carbocycles. The summed E-state index contributed by atoms with van der Waals surface area (Å²) in [6.07, 6.45) is 3.59. The fourth-order valence-electron chi connectivity index (χ4n) is 4.43. The number of rotatable bonds is 5.